The van der Waals surface area contributed by atoms with E-state index < -0.39 is 15.9 Å². The molecule has 0 radical (unpaired) electrons. The Kier molecular flexibility index (Phi) is 5.31. The summed E-state index contributed by atoms with van der Waals surface area (Å²) in [4.78, 5) is 0.833. The maximum Gasteiger partial charge on any atom is 0.148 e. The van der Waals surface area contributed by atoms with Crippen LogP contribution in [0.1, 0.15) is 18.6 Å². The minimum absolute atomic E-state index is 0.131. The summed E-state index contributed by atoms with van der Waals surface area (Å²) < 4.78 is 21.9. The van der Waals surface area contributed by atoms with E-state index in [1.807, 2.05) is 0 Å². The third-order valence-electron chi connectivity index (χ3n) is 2.15. The molecule has 1 rings (SSSR count). The molecule has 0 aliphatic carbocycles. The predicted octanol–water partition coefficient (Wildman–Crippen LogP) is 2.53. The third-order valence-corrected chi connectivity index (χ3v) is 4.85. The maximum atomic E-state index is 11.0. The molecule has 0 bridgehead atoms. The zero-order chi connectivity index (χ0) is 13.1. The Morgan fingerprint density at radius 3 is 2.59 bits per heavy atom. The van der Waals surface area contributed by atoms with Gasteiger partial charge in [-0.05, 0) is 24.6 Å². The summed E-state index contributed by atoms with van der Waals surface area (Å²) in [5.41, 5.74) is 0.752. The Labute approximate surface area is 111 Å². The molecular weight excluding hydrogens is 280 g/mol. The second kappa shape index (κ2) is 6.09. The van der Waals surface area contributed by atoms with Gasteiger partial charge in [-0.3, -0.25) is 0 Å². The first kappa shape index (κ1) is 14.8. The molecule has 0 saturated heterocycles. The van der Waals surface area contributed by atoms with E-state index in [0.717, 1.165) is 10.5 Å². The van der Waals surface area contributed by atoms with Gasteiger partial charge in [0.15, 0.2) is 0 Å². The fourth-order valence-electron chi connectivity index (χ4n) is 1.20. The molecular formula is C11H15ClO3S2. The Morgan fingerprint density at radius 2 is 2.12 bits per heavy atom. The summed E-state index contributed by atoms with van der Waals surface area (Å²) in [5.74, 6) is 0.610. The van der Waals surface area contributed by atoms with Gasteiger partial charge >= 0.3 is 0 Å². The molecule has 1 aromatic rings. The smallest absolute Gasteiger partial charge is 0.148 e. The topological polar surface area (TPSA) is 54.4 Å². The zero-order valence-corrected chi connectivity index (χ0v) is 12.1. The quantitative estimate of drug-likeness (QED) is 0.848. The van der Waals surface area contributed by atoms with Crippen LogP contribution in [0.4, 0.5) is 0 Å². The van der Waals surface area contributed by atoms with Crippen molar-refractivity contribution >= 4 is 33.2 Å². The van der Waals surface area contributed by atoms with Gasteiger partial charge in [-0.2, -0.15) is 0 Å². The third kappa shape index (κ3) is 5.29. The lowest BCUT2D eigenvalue weighted by Crippen LogP contribution is -2.04. The van der Waals surface area contributed by atoms with Gasteiger partial charge in [-0.15, -0.1) is 11.8 Å². The van der Waals surface area contributed by atoms with Gasteiger partial charge < -0.3 is 5.11 Å². The van der Waals surface area contributed by atoms with E-state index in [9.17, 15) is 13.5 Å². The fourth-order valence-corrected chi connectivity index (χ4v) is 3.67. The second-order valence-corrected chi connectivity index (χ2v) is 7.65. The maximum absolute atomic E-state index is 11.0. The van der Waals surface area contributed by atoms with E-state index in [0.29, 0.717) is 10.8 Å². The molecule has 0 saturated carbocycles. The molecule has 96 valence electrons. The molecule has 0 fully saturated rings. The first-order chi connectivity index (χ1) is 7.79. The number of thioether (sulfide) groups is 1. The largest absolute Gasteiger partial charge is 0.389 e. The van der Waals surface area contributed by atoms with E-state index in [1.54, 1.807) is 25.1 Å². The molecule has 17 heavy (non-hydrogen) atoms. The van der Waals surface area contributed by atoms with E-state index in [2.05, 4.69) is 0 Å². The summed E-state index contributed by atoms with van der Waals surface area (Å²) >= 11 is 7.44. The van der Waals surface area contributed by atoms with Crippen LogP contribution in [0.3, 0.4) is 0 Å². The average Bonchev–Trinajstić information content (AvgIpc) is 2.18. The summed E-state index contributed by atoms with van der Waals surface area (Å²) in [6, 6.07) is 5.30. The van der Waals surface area contributed by atoms with Crippen LogP contribution in [0.2, 0.25) is 5.02 Å². The van der Waals surface area contributed by atoms with Crippen molar-refractivity contribution in [2.24, 2.45) is 0 Å². The van der Waals surface area contributed by atoms with Crippen molar-refractivity contribution < 1.29 is 13.5 Å². The molecule has 6 heteroatoms. The van der Waals surface area contributed by atoms with Crippen molar-refractivity contribution in [1.29, 1.82) is 0 Å². The average molecular weight is 295 g/mol. The number of rotatable bonds is 5. The Morgan fingerprint density at radius 1 is 1.47 bits per heavy atom. The monoisotopic (exact) mass is 294 g/mol. The van der Waals surface area contributed by atoms with Gasteiger partial charge in [0.25, 0.3) is 0 Å². The first-order valence-corrected chi connectivity index (χ1v) is 8.50. The normalized spacial score (nSPS) is 13.6. The minimum atomic E-state index is -2.93. The number of hydrogen-bond donors (Lipinski definition) is 1. The van der Waals surface area contributed by atoms with E-state index in [4.69, 9.17) is 11.6 Å². The highest BCUT2D eigenvalue weighted by Gasteiger charge is 2.08. The van der Waals surface area contributed by atoms with Crippen LogP contribution in [-0.2, 0) is 9.84 Å². The Hall–Kier alpha value is -0.230. The molecule has 0 aliphatic heterocycles. The number of sulfone groups is 1. The van der Waals surface area contributed by atoms with Crippen molar-refractivity contribution in [3.63, 3.8) is 0 Å². The van der Waals surface area contributed by atoms with Crippen molar-refractivity contribution in [3.05, 3.63) is 28.8 Å². The summed E-state index contributed by atoms with van der Waals surface area (Å²) in [5, 5.41) is 9.92. The molecule has 0 spiro atoms. The standard InChI is InChI=1S/C11H15ClO3S2/c1-8(13)9-3-4-11(10(12)7-9)16-5-6-17(2,14)15/h3-4,7-8,13H,5-6H2,1-2H3/t8-/m0/s1. The van der Waals surface area contributed by atoms with Crippen LogP contribution in [0.5, 0.6) is 0 Å². The number of aliphatic hydroxyl groups is 1. The first-order valence-electron chi connectivity index (χ1n) is 5.07. The van der Waals surface area contributed by atoms with Gasteiger partial charge in [0.2, 0.25) is 0 Å². The number of aliphatic hydroxyl groups excluding tert-OH is 1. The van der Waals surface area contributed by atoms with Crippen LogP contribution in [0, 0.1) is 0 Å². The molecule has 0 aliphatic rings. The SMILES string of the molecule is C[C@H](O)c1ccc(SCCS(C)(=O)=O)c(Cl)c1. The van der Waals surface area contributed by atoms with Gasteiger partial charge in [0.1, 0.15) is 9.84 Å². The zero-order valence-electron chi connectivity index (χ0n) is 9.68. The predicted molar refractivity (Wildman–Crippen MR) is 72.5 cm³/mol. The van der Waals surface area contributed by atoms with Crippen LogP contribution in [-0.4, -0.2) is 31.3 Å². The molecule has 3 nitrogen and oxygen atoms in total. The lowest BCUT2D eigenvalue weighted by molar-refractivity contribution is 0.199. The van der Waals surface area contributed by atoms with Gasteiger partial charge in [-0.25, -0.2) is 8.42 Å². The lowest BCUT2D eigenvalue weighted by Gasteiger charge is -2.08. The van der Waals surface area contributed by atoms with Crippen molar-refractivity contribution in [3.8, 4) is 0 Å². The highest BCUT2D eigenvalue weighted by molar-refractivity contribution is 8.00. The number of halogens is 1. The van der Waals surface area contributed by atoms with E-state index in [-0.39, 0.29) is 5.75 Å². The highest BCUT2D eigenvalue weighted by Crippen LogP contribution is 2.29. The summed E-state index contributed by atoms with van der Waals surface area (Å²) in [7, 11) is -2.93. The Balaban J connectivity index is 2.67. The molecule has 0 aromatic heterocycles. The molecule has 0 heterocycles. The van der Waals surface area contributed by atoms with Gasteiger partial charge in [-0.1, -0.05) is 17.7 Å². The fraction of sp³-hybridized carbons (Fsp3) is 0.455. The molecule has 0 amide bonds. The van der Waals surface area contributed by atoms with Crippen LogP contribution in [0.25, 0.3) is 0 Å². The summed E-state index contributed by atoms with van der Waals surface area (Å²) in [6.45, 7) is 1.67. The Bertz CT molecular complexity index is 483. The van der Waals surface area contributed by atoms with Crippen LogP contribution >= 0.6 is 23.4 Å². The second-order valence-electron chi connectivity index (χ2n) is 3.84. The summed E-state index contributed by atoms with van der Waals surface area (Å²) in [6.07, 6.45) is 0.661. The van der Waals surface area contributed by atoms with Gasteiger partial charge in [0, 0.05) is 16.9 Å². The van der Waals surface area contributed by atoms with Crippen molar-refractivity contribution in [2.45, 2.75) is 17.9 Å². The van der Waals surface area contributed by atoms with Crippen LogP contribution in [0.15, 0.2) is 23.1 Å². The molecule has 0 unspecified atom stereocenters. The molecule has 1 atom stereocenters. The van der Waals surface area contributed by atoms with Crippen molar-refractivity contribution in [2.75, 3.05) is 17.8 Å². The number of benzene rings is 1. The highest BCUT2D eigenvalue weighted by atomic mass is 35.5. The molecule has 1 N–H and O–H groups in total. The van der Waals surface area contributed by atoms with Crippen LogP contribution < -0.4 is 0 Å². The van der Waals surface area contributed by atoms with E-state index >= 15 is 0 Å². The number of hydrogen-bond acceptors (Lipinski definition) is 4. The van der Waals surface area contributed by atoms with Crippen molar-refractivity contribution in [1.82, 2.24) is 0 Å². The van der Waals surface area contributed by atoms with E-state index in [1.165, 1.54) is 18.0 Å². The van der Waals surface area contributed by atoms with Gasteiger partial charge in [0.05, 0.1) is 16.9 Å². The lowest BCUT2D eigenvalue weighted by atomic mass is 10.1. The molecule has 1 aromatic carbocycles. The minimum Gasteiger partial charge on any atom is -0.389 e.